The molecule has 0 spiro atoms. The lowest BCUT2D eigenvalue weighted by Gasteiger charge is -2.12. The molecule has 0 aromatic carbocycles. The van der Waals surface area contributed by atoms with Crippen molar-refractivity contribution in [1.82, 2.24) is 15.0 Å². The van der Waals surface area contributed by atoms with Crippen molar-refractivity contribution in [2.45, 2.75) is 0 Å². The largest absolute Gasteiger partial charge is 0.481 e. The topological polar surface area (TPSA) is 76.3 Å². The van der Waals surface area contributed by atoms with Crippen LogP contribution >= 0.6 is 0 Å². The van der Waals surface area contributed by atoms with E-state index in [9.17, 15) is 0 Å². The lowest BCUT2D eigenvalue weighted by molar-refractivity contribution is 0.397. The highest BCUT2D eigenvalue weighted by atomic mass is 16.5. The second-order valence-corrected chi connectivity index (χ2v) is 2.66. The van der Waals surface area contributed by atoms with E-state index in [4.69, 9.17) is 10.5 Å². The summed E-state index contributed by atoms with van der Waals surface area (Å²) in [5.41, 5.74) is 8.39. The Balaban J connectivity index is 2.88. The zero-order chi connectivity index (χ0) is 9.84. The number of anilines is 2. The Hall–Kier alpha value is -1.56. The summed E-state index contributed by atoms with van der Waals surface area (Å²) in [6.45, 7) is 0. The number of nitrogens with one attached hydrogen (secondary N) is 1. The van der Waals surface area contributed by atoms with Crippen LogP contribution in [0.4, 0.5) is 11.8 Å². The first kappa shape index (κ1) is 9.53. The maximum absolute atomic E-state index is 5.45. The fraction of sp³-hybridized carbons (Fsp3) is 0.429. The van der Waals surface area contributed by atoms with Crippen LogP contribution in [0.2, 0.25) is 0 Å². The summed E-state index contributed by atoms with van der Waals surface area (Å²) in [5.74, 6) is 1.23. The quantitative estimate of drug-likeness (QED) is 0.640. The second-order valence-electron chi connectivity index (χ2n) is 2.66. The predicted molar refractivity (Wildman–Crippen MR) is 50.3 cm³/mol. The van der Waals surface area contributed by atoms with Gasteiger partial charge in [-0.2, -0.15) is 9.97 Å². The molecule has 0 unspecified atom stereocenters. The first-order chi connectivity index (χ1) is 6.11. The molecule has 72 valence electrons. The van der Waals surface area contributed by atoms with Gasteiger partial charge in [0.05, 0.1) is 7.11 Å². The molecule has 0 saturated carbocycles. The van der Waals surface area contributed by atoms with E-state index in [0.29, 0.717) is 11.7 Å². The monoisotopic (exact) mass is 183 g/mol. The Morgan fingerprint density at radius 1 is 1.46 bits per heavy atom. The van der Waals surface area contributed by atoms with E-state index in [2.05, 4.69) is 15.4 Å². The molecule has 1 aromatic heterocycles. The minimum atomic E-state index is 0.184. The Morgan fingerprint density at radius 3 is 2.69 bits per heavy atom. The molecule has 0 atom stereocenters. The molecule has 0 bridgehead atoms. The van der Waals surface area contributed by atoms with Crippen LogP contribution in [0.15, 0.2) is 6.07 Å². The first-order valence-electron chi connectivity index (χ1n) is 3.74. The Morgan fingerprint density at radius 2 is 2.15 bits per heavy atom. The molecule has 0 aliphatic heterocycles. The molecule has 0 radical (unpaired) electrons. The summed E-state index contributed by atoms with van der Waals surface area (Å²) in [5, 5.41) is 1.75. The molecule has 1 aromatic rings. The molecular formula is C7H13N5O. The molecule has 0 aliphatic carbocycles. The van der Waals surface area contributed by atoms with Crippen molar-refractivity contribution in [2.75, 3.05) is 32.4 Å². The summed E-state index contributed by atoms with van der Waals surface area (Å²) in [6.07, 6.45) is 0. The molecule has 0 amide bonds. The van der Waals surface area contributed by atoms with Crippen LogP contribution in [-0.4, -0.2) is 36.2 Å². The number of hydrogen-bond acceptors (Lipinski definition) is 6. The van der Waals surface area contributed by atoms with Crippen LogP contribution < -0.4 is 15.9 Å². The lowest BCUT2D eigenvalue weighted by atomic mass is 10.5. The number of hydrogen-bond donors (Lipinski definition) is 2. The summed E-state index contributed by atoms with van der Waals surface area (Å²) in [6, 6.07) is 1.66. The van der Waals surface area contributed by atoms with Crippen LogP contribution in [0.5, 0.6) is 5.88 Å². The minimum Gasteiger partial charge on any atom is -0.481 e. The standard InChI is InChI=1S/C7H13N5O/c1-12(2)11-5-4-6(13-3)10-7(8)9-5/h4H,1-3H3,(H3,8,9,10,11). The van der Waals surface area contributed by atoms with E-state index >= 15 is 0 Å². The maximum Gasteiger partial charge on any atom is 0.225 e. The summed E-state index contributed by atoms with van der Waals surface area (Å²) in [4.78, 5) is 7.80. The van der Waals surface area contributed by atoms with E-state index in [1.54, 1.807) is 11.1 Å². The van der Waals surface area contributed by atoms with E-state index in [1.165, 1.54) is 7.11 Å². The van der Waals surface area contributed by atoms with Gasteiger partial charge in [-0.15, -0.1) is 0 Å². The number of nitrogens with two attached hydrogens (primary N) is 1. The van der Waals surface area contributed by atoms with Gasteiger partial charge in [0.15, 0.2) is 0 Å². The van der Waals surface area contributed by atoms with Crippen molar-refractivity contribution in [1.29, 1.82) is 0 Å². The third-order valence-electron chi connectivity index (χ3n) is 1.27. The Bertz CT molecular complexity index is 288. The lowest BCUT2D eigenvalue weighted by Crippen LogP contribution is -2.20. The van der Waals surface area contributed by atoms with Gasteiger partial charge in [0.2, 0.25) is 11.8 Å². The Labute approximate surface area is 76.7 Å². The van der Waals surface area contributed by atoms with Crippen molar-refractivity contribution in [3.05, 3.63) is 6.07 Å². The Kier molecular flexibility index (Phi) is 2.86. The van der Waals surface area contributed by atoms with Gasteiger partial charge in [0, 0.05) is 20.2 Å². The van der Waals surface area contributed by atoms with Gasteiger partial charge >= 0.3 is 0 Å². The van der Waals surface area contributed by atoms with Gasteiger partial charge in [0.1, 0.15) is 5.82 Å². The first-order valence-corrected chi connectivity index (χ1v) is 3.74. The van der Waals surface area contributed by atoms with Gasteiger partial charge in [0.25, 0.3) is 0 Å². The molecule has 13 heavy (non-hydrogen) atoms. The van der Waals surface area contributed by atoms with Gasteiger partial charge in [-0.25, -0.2) is 5.01 Å². The zero-order valence-corrected chi connectivity index (χ0v) is 7.90. The maximum atomic E-state index is 5.45. The molecule has 0 saturated heterocycles. The number of rotatable bonds is 3. The van der Waals surface area contributed by atoms with E-state index < -0.39 is 0 Å². The number of hydrazine groups is 1. The average Bonchev–Trinajstić information content (AvgIpc) is 2.01. The fourth-order valence-corrected chi connectivity index (χ4v) is 0.834. The van der Waals surface area contributed by atoms with Crippen LogP contribution in [0.3, 0.4) is 0 Å². The van der Waals surface area contributed by atoms with Crippen molar-refractivity contribution in [2.24, 2.45) is 0 Å². The molecule has 1 rings (SSSR count). The highest BCUT2D eigenvalue weighted by molar-refractivity contribution is 5.41. The van der Waals surface area contributed by atoms with Crippen molar-refractivity contribution in [3.8, 4) is 5.88 Å². The number of methoxy groups -OCH3 is 1. The number of nitrogen functional groups attached to an aromatic ring is 1. The van der Waals surface area contributed by atoms with Gasteiger partial charge in [-0.05, 0) is 0 Å². The van der Waals surface area contributed by atoms with E-state index in [-0.39, 0.29) is 5.95 Å². The fourth-order valence-electron chi connectivity index (χ4n) is 0.834. The number of nitrogens with zero attached hydrogens (tertiary/aromatic N) is 3. The third-order valence-corrected chi connectivity index (χ3v) is 1.27. The third kappa shape index (κ3) is 2.75. The predicted octanol–water partition coefficient (Wildman–Crippen LogP) is -0.0441. The summed E-state index contributed by atoms with van der Waals surface area (Å²) in [7, 11) is 5.23. The van der Waals surface area contributed by atoms with Crippen LogP contribution in [0.25, 0.3) is 0 Å². The molecule has 0 fully saturated rings. The van der Waals surface area contributed by atoms with Gasteiger partial charge in [-0.3, -0.25) is 0 Å². The number of ether oxygens (including phenoxy) is 1. The molecule has 6 heteroatoms. The van der Waals surface area contributed by atoms with E-state index in [1.807, 2.05) is 14.1 Å². The van der Waals surface area contributed by atoms with Gasteiger partial charge < -0.3 is 15.9 Å². The van der Waals surface area contributed by atoms with Crippen molar-refractivity contribution in [3.63, 3.8) is 0 Å². The zero-order valence-electron chi connectivity index (χ0n) is 7.90. The normalized spacial score (nSPS) is 10.2. The van der Waals surface area contributed by atoms with Crippen LogP contribution in [-0.2, 0) is 0 Å². The molecule has 0 aliphatic rings. The SMILES string of the molecule is COc1cc(NN(C)C)nc(N)n1. The average molecular weight is 183 g/mol. The molecule has 3 N–H and O–H groups in total. The van der Waals surface area contributed by atoms with Crippen molar-refractivity contribution < 1.29 is 4.74 Å². The summed E-state index contributed by atoms with van der Waals surface area (Å²) >= 11 is 0. The minimum absolute atomic E-state index is 0.184. The molecule has 1 heterocycles. The molecular weight excluding hydrogens is 170 g/mol. The van der Waals surface area contributed by atoms with Gasteiger partial charge in [-0.1, -0.05) is 0 Å². The highest BCUT2D eigenvalue weighted by Crippen LogP contribution is 2.13. The smallest absolute Gasteiger partial charge is 0.225 e. The molecule has 6 nitrogen and oxygen atoms in total. The highest BCUT2D eigenvalue weighted by Gasteiger charge is 2.01. The van der Waals surface area contributed by atoms with Crippen molar-refractivity contribution >= 4 is 11.8 Å². The van der Waals surface area contributed by atoms with E-state index in [0.717, 1.165) is 0 Å². The van der Waals surface area contributed by atoms with Crippen LogP contribution in [0.1, 0.15) is 0 Å². The second kappa shape index (κ2) is 3.90. The summed E-state index contributed by atoms with van der Waals surface area (Å²) < 4.78 is 4.93. The van der Waals surface area contributed by atoms with Crippen LogP contribution in [0, 0.1) is 0 Å². The number of aromatic nitrogens is 2.